The van der Waals surface area contributed by atoms with Gasteiger partial charge >= 0.3 is 0 Å². The summed E-state index contributed by atoms with van der Waals surface area (Å²) in [7, 11) is -3.70. The number of carbonyl (C=O) groups is 1. The predicted octanol–water partition coefficient (Wildman–Crippen LogP) is 0.947. The van der Waals surface area contributed by atoms with Gasteiger partial charge in [0.05, 0.1) is 17.9 Å². The van der Waals surface area contributed by atoms with E-state index in [2.05, 4.69) is 21.2 Å². The van der Waals surface area contributed by atoms with Gasteiger partial charge < -0.3 is 10.4 Å². The number of sulfonamides is 1. The van der Waals surface area contributed by atoms with E-state index in [1.165, 1.54) is 10.4 Å². The third-order valence-corrected chi connectivity index (χ3v) is 6.04. The number of amides is 1. The van der Waals surface area contributed by atoms with Crippen molar-refractivity contribution >= 4 is 37.5 Å². The van der Waals surface area contributed by atoms with Gasteiger partial charge in [0.2, 0.25) is 15.9 Å². The Balaban J connectivity index is 2.48. The van der Waals surface area contributed by atoms with Crippen molar-refractivity contribution in [3.8, 4) is 0 Å². The number of likely N-dealkylation sites (N-methyl/N-ethyl adjacent to an activating group) is 1. The summed E-state index contributed by atoms with van der Waals surface area (Å²) in [5.41, 5.74) is 1.29. The second-order valence-corrected chi connectivity index (χ2v) is 7.15. The Labute approximate surface area is 126 Å². The monoisotopic (exact) mass is 362 g/mol. The molecule has 1 aromatic carbocycles. The zero-order valence-corrected chi connectivity index (χ0v) is 13.3. The molecule has 0 unspecified atom stereocenters. The van der Waals surface area contributed by atoms with Crippen LogP contribution in [0.3, 0.4) is 0 Å². The zero-order chi connectivity index (χ0) is 14.9. The molecule has 1 aromatic rings. The van der Waals surface area contributed by atoms with E-state index < -0.39 is 10.0 Å². The molecule has 0 spiro atoms. The number of anilines is 1. The Morgan fingerprint density at radius 2 is 2.15 bits per heavy atom. The maximum Gasteiger partial charge on any atom is 0.244 e. The van der Waals surface area contributed by atoms with E-state index >= 15 is 0 Å². The number of benzene rings is 1. The lowest BCUT2D eigenvalue weighted by Gasteiger charge is -2.20. The molecular weight excluding hydrogens is 348 g/mol. The number of aliphatic hydroxyl groups excluding tert-OH is 1. The lowest BCUT2D eigenvalue weighted by Crippen LogP contribution is -2.33. The van der Waals surface area contributed by atoms with E-state index in [4.69, 9.17) is 5.11 Å². The number of hydrogen-bond donors (Lipinski definition) is 2. The summed E-state index contributed by atoms with van der Waals surface area (Å²) in [5.74, 6) is -0.149. The molecule has 1 heterocycles. The highest BCUT2D eigenvalue weighted by atomic mass is 79.9. The van der Waals surface area contributed by atoms with Crippen LogP contribution in [0.1, 0.15) is 12.5 Å². The van der Waals surface area contributed by atoms with Gasteiger partial charge in [-0.3, -0.25) is 4.79 Å². The summed E-state index contributed by atoms with van der Waals surface area (Å²) in [6.45, 7) is 1.78. The molecule has 1 amide bonds. The van der Waals surface area contributed by atoms with Crippen molar-refractivity contribution in [2.75, 3.05) is 25.0 Å². The largest absolute Gasteiger partial charge is 0.395 e. The minimum Gasteiger partial charge on any atom is -0.395 e. The minimum atomic E-state index is -3.70. The van der Waals surface area contributed by atoms with Crippen molar-refractivity contribution in [3.63, 3.8) is 0 Å². The van der Waals surface area contributed by atoms with E-state index in [-0.39, 0.29) is 36.9 Å². The predicted molar refractivity (Wildman–Crippen MR) is 78.0 cm³/mol. The maximum absolute atomic E-state index is 12.5. The molecule has 0 saturated heterocycles. The molecule has 2 rings (SSSR count). The second-order valence-electron chi connectivity index (χ2n) is 4.39. The van der Waals surface area contributed by atoms with E-state index in [0.717, 1.165) is 0 Å². The van der Waals surface area contributed by atoms with E-state index in [1.54, 1.807) is 13.0 Å². The Morgan fingerprint density at radius 3 is 2.75 bits per heavy atom. The van der Waals surface area contributed by atoms with Crippen LogP contribution in [0.2, 0.25) is 0 Å². The number of nitrogens with one attached hydrogen (secondary N) is 1. The SMILES string of the molecule is CCN(CCO)S(=O)(=O)c1cc2c(cc1Br)NC(=O)C2. The lowest BCUT2D eigenvalue weighted by molar-refractivity contribution is -0.115. The summed E-state index contributed by atoms with van der Waals surface area (Å²) in [5, 5.41) is 11.6. The van der Waals surface area contributed by atoms with Crippen molar-refractivity contribution in [2.24, 2.45) is 0 Å². The smallest absolute Gasteiger partial charge is 0.244 e. The second kappa shape index (κ2) is 5.80. The molecule has 20 heavy (non-hydrogen) atoms. The van der Waals surface area contributed by atoms with Crippen LogP contribution in [0.4, 0.5) is 5.69 Å². The van der Waals surface area contributed by atoms with Crippen LogP contribution in [0, 0.1) is 0 Å². The van der Waals surface area contributed by atoms with Crippen molar-refractivity contribution in [3.05, 3.63) is 22.2 Å². The normalized spacial score (nSPS) is 14.5. The van der Waals surface area contributed by atoms with Crippen LogP contribution in [-0.2, 0) is 21.2 Å². The maximum atomic E-state index is 12.5. The molecular formula is C12H15BrN2O4S. The fraction of sp³-hybridized carbons (Fsp3) is 0.417. The first-order chi connectivity index (χ1) is 9.40. The van der Waals surface area contributed by atoms with Crippen LogP contribution in [-0.4, -0.2) is 43.4 Å². The van der Waals surface area contributed by atoms with Crippen molar-refractivity contribution < 1.29 is 18.3 Å². The minimum absolute atomic E-state index is 0.0412. The highest BCUT2D eigenvalue weighted by Gasteiger charge is 2.28. The van der Waals surface area contributed by atoms with Gasteiger partial charge in [-0.1, -0.05) is 6.92 Å². The highest BCUT2D eigenvalue weighted by molar-refractivity contribution is 9.10. The third kappa shape index (κ3) is 2.73. The topological polar surface area (TPSA) is 86.7 Å². The van der Waals surface area contributed by atoms with Gasteiger partial charge in [0.1, 0.15) is 0 Å². The first kappa shape index (κ1) is 15.4. The number of halogens is 1. The number of hydrogen-bond acceptors (Lipinski definition) is 4. The summed E-state index contributed by atoms with van der Waals surface area (Å²) < 4.78 is 26.7. The van der Waals surface area contributed by atoms with Crippen LogP contribution in [0.5, 0.6) is 0 Å². The number of carbonyl (C=O) groups excluding carboxylic acids is 1. The van der Waals surface area contributed by atoms with Crippen molar-refractivity contribution in [1.29, 1.82) is 0 Å². The first-order valence-electron chi connectivity index (χ1n) is 6.13. The quantitative estimate of drug-likeness (QED) is 0.816. The molecule has 2 N–H and O–H groups in total. The molecule has 1 aliphatic rings. The summed E-state index contributed by atoms with van der Waals surface area (Å²) in [4.78, 5) is 11.5. The Morgan fingerprint density at radius 1 is 1.45 bits per heavy atom. The average Bonchev–Trinajstić information content (AvgIpc) is 2.73. The van der Waals surface area contributed by atoms with Gasteiger partial charge in [0.25, 0.3) is 0 Å². The van der Waals surface area contributed by atoms with E-state index in [1.807, 2.05) is 0 Å². The molecule has 0 saturated carbocycles. The number of rotatable bonds is 5. The molecule has 8 heteroatoms. The molecule has 6 nitrogen and oxygen atoms in total. The Hall–Kier alpha value is -0.960. The van der Waals surface area contributed by atoms with Gasteiger partial charge in [-0.2, -0.15) is 4.31 Å². The van der Waals surface area contributed by atoms with Crippen LogP contribution >= 0.6 is 15.9 Å². The van der Waals surface area contributed by atoms with Crippen LogP contribution < -0.4 is 5.32 Å². The van der Waals surface area contributed by atoms with Gasteiger partial charge in [-0.15, -0.1) is 0 Å². The van der Waals surface area contributed by atoms with Crippen molar-refractivity contribution in [1.82, 2.24) is 4.31 Å². The summed E-state index contributed by atoms with van der Waals surface area (Å²) >= 11 is 3.23. The molecule has 0 atom stereocenters. The van der Waals surface area contributed by atoms with E-state index in [9.17, 15) is 13.2 Å². The lowest BCUT2D eigenvalue weighted by atomic mass is 10.2. The number of aliphatic hydroxyl groups is 1. The Bertz CT molecular complexity index is 645. The van der Waals surface area contributed by atoms with Gasteiger partial charge in [-0.25, -0.2) is 8.42 Å². The van der Waals surface area contributed by atoms with Gasteiger partial charge in [-0.05, 0) is 33.6 Å². The number of fused-ring (bicyclic) bond motifs is 1. The molecule has 0 fully saturated rings. The molecule has 0 bridgehead atoms. The average molecular weight is 363 g/mol. The fourth-order valence-corrected chi connectivity index (χ4v) is 4.62. The summed E-state index contributed by atoms with van der Waals surface area (Å²) in [6.07, 6.45) is 0.178. The van der Waals surface area contributed by atoms with Crippen LogP contribution in [0.25, 0.3) is 0 Å². The summed E-state index contributed by atoms with van der Waals surface area (Å²) in [6, 6.07) is 3.10. The molecule has 0 radical (unpaired) electrons. The van der Waals surface area contributed by atoms with E-state index in [0.29, 0.717) is 15.7 Å². The Kier molecular flexibility index (Phi) is 4.48. The van der Waals surface area contributed by atoms with Crippen LogP contribution in [0.15, 0.2) is 21.5 Å². The standard InChI is InChI=1S/C12H15BrN2O4S/c1-2-15(3-4-16)20(18,19)11-5-8-6-12(17)14-10(8)7-9(11)13/h5,7,16H,2-4,6H2,1H3,(H,14,17). The van der Waals surface area contributed by atoms with Crippen molar-refractivity contribution in [2.45, 2.75) is 18.2 Å². The third-order valence-electron chi connectivity index (χ3n) is 3.10. The molecule has 110 valence electrons. The molecule has 0 aliphatic carbocycles. The number of nitrogens with zero attached hydrogens (tertiary/aromatic N) is 1. The fourth-order valence-electron chi connectivity index (χ4n) is 2.12. The first-order valence-corrected chi connectivity index (χ1v) is 8.36. The highest BCUT2D eigenvalue weighted by Crippen LogP contribution is 2.33. The zero-order valence-electron chi connectivity index (χ0n) is 10.9. The van der Waals surface area contributed by atoms with Gasteiger partial charge in [0, 0.05) is 23.2 Å². The molecule has 0 aromatic heterocycles. The van der Waals surface area contributed by atoms with Gasteiger partial charge in [0.15, 0.2) is 0 Å². The molecule has 1 aliphatic heterocycles.